The molecular formula is C16H19IN2O2. The van der Waals surface area contributed by atoms with Gasteiger partial charge in [0.05, 0.1) is 12.6 Å². The summed E-state index contributed by atoms with van der Waals surface area (Å²) in [6, 6.07) is 16.0. The Kier molecular flexibility index (Phi) is 6.44. The van der Waals surface area contributed by atoms with Crippen LogP contribution in [0.4, 0.5) is 0 Å². The van der Waals surface area contributed by atoms with Gasteiger partial charge in [0.1, 0.15) is 12.4 Å². The van der Waals surface area contributed by atoms with Crippen LogP contribution in [0.5, 0.6) is 5.75 Å². The highest BCUT2D eigenvalue weighted by Gasteiger charge is 2.17. The Bertz CT molecular complexity index is 578. The minimum atomic E-state index is -0.113. The lowest BCUT2D eigenvalue weighted by molar-refractivity contribution is 0.145. The molecule has 21 heavy (non-hydrogen) atoms. The summed E-state index contributed by atoms with van der Waals surface area (Å²) in [6.07, 6.45) is 0. The van der Waals surface area contributed by atoms with E-state index in [0.717, 1.165) is 16.9 Å². The minimum Gasteiger partial charge on any atom is -0.491 e. The van der Waals surface area contributed by atoms with Crippen LogP contribution in [0.25, 0.3) is 0 Å². The van der Waals surface area contributed by atoms with Crippen molar-refractivity contribution in [2.45, 2.75) is 6.04 Å². The molecule has 0 aliphatic rings. The molecule has 1 atom stereocenters. The van der Waals surface area contributed by atoms with Gasteiger partial charge in [-0.05, 0) is 46.4 Å². The molecule has 0 heterocycles. The third-order valence-electron chi connectivity index (χ3n) is 3.12. The fourth-order valence-electron chi connectivity index (χ4n) is 2.14. The molecule has 0 aromatic heterocycles. The Morgan fingerprint density at radius 1 is 1.14 bits per heavy atom. The van der Waals surface area contributed by atoms with Gasteiger partial charge in [0.25, 0.3) is 0 Å². The Morgan fingerprint density at radius 2 is 1.95 bits per heavy atom. The molecule has 0 fully saturated rings. The topological polar surface area (TPSA) is 56.5 Å². The average molecular weight is 398 g/mol. The third kappa shape index (κ3) is 4.41. The van der Waals surface area contributed by atoms with Crippen molar-refractivity contribution in [1.82, 2.24) is 5.43 Å². The molecule has 0 saturated heterocycles. The standard InChI is InChI=1S/C16H19IN2O2/c1-20-9-10-21-15-8-3-2-7-14(15)16(19-18)12-5-4-6-13(17)11-12/h2-8,11,16,19H,9-10,18H2,1H3. The molecule has 0 spiro atoms. The van der Waals surface area contributed by atoms with Crippen LogP contribution in [0.3, 0.4) is 0 Å². The number of rotatable bonds is 7. The summed E-state index contributed by atoms with van der Waals surface area (Å²) in [7, 11) is 1.66. The van der Waals surface area contributed by atoms with Crippen molar-refractivity contribution < 1.29 is 9.47 Å². The number of benzene rings is 2. The first-order valence-electron chi connectivity index (χ1n) is 6.68. The molecule has 2 aromatic carbocycles. The molecule has 0 bridgehead atoms. The van der Waals surface area contributed by atoms with E-state index >= 15 is 0 Å². The van der Waals surface area contributed by atoms with Gasteiger partial charge < -0.3 is 9.47 Å². The van der Waals surface area contributed by atoms with E-state index in [1.54, 1.807) is 7.11 Å². The Balaban J connectivity index is 2.29. The van der Waals surface area contributed by atoms with E-state index in [1.165, 1.54) is 3.57 Å². The minimum absolute atomic E-state index is 0.113. The number of hydrogen-bond donors (Lipinski definition) is 2. The van der Waals surface area contributed by atoms with Crippen molar-refractivity contribution in [3.05, 3.63) is 63.2 Å². The lowest BCUT2D eigenvalue weighted by atomic mass is 9.98. The lowest BCUT2D eigenvalue weighted by Crippen LogP contribution is -2.29. The van der Waals surface area contributed by atoms with E-state index in [4.69, 9.17) is 15.3 Å². The van der Waals surface area contributed by atoms with Crippen LogP contribution < -0.4 is 16.0 Å². The molecule has 1 unspecified atom stereocenters. The van der Waals surface area contributed by atoms with E-state index < -0.39 is 0 Å². The van der Waals surface area contributed by atoms with Crippen molar-refractivity contribution in [3.63, 3.8) is 0 Å². The third-order valence-corrected chi connectivity index (χ3v) is 3.79. The molecule has 2 rings (SSSR count). The van der Waals surface area contributed by atoms with E-state index in [0.29, 0.717) is 13.2 Å². The molecule has 0 saturated carbocycles. The zero-order valence-electron chi connectivity index (χ0n) is 11.9. The van der Waals surface area contributed by atoms with Crippen LogP contribution in [-0.2, 0) is 4.74 Å². The number of methoxy groups -OCH3 is 1. The molecule has 4 nitrogen and oxygen atoms in total. The van der Waals surface area contributed by atoms with Gasteiger partial charge in [-0.3, -0.25) is 5.84 Å². The number of nitrogens with two attached hydrogens (primary N) is 1. The van der Waals surface area contributed by atoms with Crippen LogP contribution in [-0.4, -0.2) is 20.3 Å². The second-order valence-corrected chi connectivity index (χ2v) is 5.78. The quantitative estimate of drug-likeness (QED) is 0.326. The van der Waals surface area contributed by atoms with Gasteiger partial charge >= 0.3 is 0 Å². The first-order valence-corrected chi connectivity index (χ1v) is 7.76. The summed E-state index contributed by atoms with van der Waals surface area (Å²) in [5, 5.41) is 0. The molecule has 0 aliphatic heterocycles. The Labute approximate surface area is 138 Å². The predicted octanol–water partition coefficient (Wildman–Crippen LogP) is 2.87. The number of nitrogens with one attached hydrogen (secondary N) is 1. The molecule has 3 N–H and O–H groups in total. The number of hydrazine groups is 1. The molecule has 2 aromatic rings. The van der Waals surface area contributed by atoms with Crippen LogP contribution in [0, 0.1) is 3.57 Å². The molecule has 5 heteroatoms. The van der Waals surface area contributed by atoms with Gasteiger partial charge in [-0.2, -0.15) is 0 Å². The number of para-hydroxylation sites is 1. The smallest absolute Gasteiger partial charge is 0.124 e. The maximum atomic E-state index is 5.79. The second-order valence-electron chi connectivity index (χ2n) is 4.53. The highest BCUT2D eigenvalue weighted by molar-refractivity contribution is 14.1. The molecule has 0 radical (unpaired) electrons. The van der Waals surface area contributed by atoms with Gasteiger partial charge in [-0.1, -0.05) is 30.3 Å². The Morgan fingerprint density at radius 3 is 2.67 bits per heavy atom. The maximum absolute atomic E-state index is 5.79. The van der Waals surface area contributed by atoms with Gasteiger partial charge in [0.15, 0.2) is 0 Å². The number of halogens is 1. The number of ether oxygens (including phenoxy) is 2. The summed E-state index contributed by atoms with van der Waals surface area (Å²) in [5.41, 5.74) is 4.99. The fourth-order valence-corrected chi connectivity index (χ4v) is 2.70. The van der Waals surface area contributed by atoms with Crippen molar-refractivity contribution in [3.8, 4) is 5.75 Å². The molecule has 112 valence electrons. The first-order chi connectivity index (χ1) is 10.3. The van der Waals surface area contributed by atoms with Crippen molar-refractivity contribution in [2.75, 3.05) is 20.3 Å². The van der Waals surface area contributed by atoms with Crippen LogP contribution in [0.2, 0.25) is 0 Å². The summed E-state index contributed by atoms with van der Waals surface area (Å²) in [5.74, 6) is 6.59. The normalized spacial score (nSPS) is 12.1. The van der Waals surface area contributed by atoms with Gasteiger partial charge in [-0.25, -0.2) is 5.43 Å². The van der Waals surface area contributed by atoms with E-state index in [2.05, 4.69) is 46.2 Å². The van der Waals surface area contributed by atoms with Crippen molar-refractivity contribution in [2.24, 2.45) is 5.84 Å². The average Bonchev–Trinajstić information content (AvgIpc) is 2.50. The molecule has 0 aliphatic carbocycles. The second kappa shape index (κ2) is 8.33. The van der Waals surface area contributed by atoms with Gasteiger partial charge in [0.2, 0.25) is 0 Å². The molecule has 0 amide bonds. The molecular weight excluding hydrogens is 379 g/mol. The van der Waals surface area contributed by atoms with Gasteiger partial charge in [0, 0.05) is 16.2 Å². The Hall–Kier alpha value is -1.15. The highest BCUT2D eigenvalue weighted by Crippen LogP contribution is 2.30. The van der Waals surface area contributed by atoms with Crippen LogP contribution >= 0.6 is 22.6 Å². The summed E-state index contributed by atoms with van der Waals surface area (Å²) in [6.45, 7) is 1.06. The monoisotopic (exact) mass is 398 g/mol. The van der Waals surface area contributed by atoms with Crippen LogP contribution in [0.1, 0.15) is 17.2 Å². The highest BCUT2D eigenvalue weighted by atomic mass is 127. The van der Waals surface area contributed by atoms with E-state index in [-0.39, 0.29) is 6.04 Å². The summed E-state index contributed by atoms with van der Waals surface area (Å²) < 4.78 is 12.0. The van der Waals surface area contributed by atoms with Crippen molar-refractivity contribution >= 4 is 22.6 Å². The SMILES string of the molecule is COCCOc1ccccc1C(NN)c1cccc(I)c1. The zero-order chi connectivity index (χ0) is 15.1. The lowest BCUT2D eigenvalue weighted by Gasteiger charge is -2.20. The predicted molar refractivity (Wildman–Crippen MR) is 92.1 cm³/mol. The van der Waals surface area contributed by atoms with E-state index in [9.17, 15) is 0 Å². The van der Waals surface area contributed by atoms with Crippen LogP contribution in [0.15, 0.2) is 48.5 Å². The maximum Gasteiger partial charge on any atom is 0.124 e. The fraction of sp³-hybridized carbons (Fsp3) is 0.250. The zero-order valence-corrected chi connectivity index (χ0v) is 14.0. The van der Waals surface area contributed by atoms with Crippen molar-refractivity contribution in [1.29, 1.82) is 0 Å². The largest absolute Gasteiger partial charge is 0.491 e. The first kappa shape index (κ1) is 16.2. The summed E-state index contributed by atoms with van der Waals surface area (Å²) in [4.78, 5) is 0. The van der Waals surface area contributed by atoms with Gasteiger partial charge in [-0.15, -0.1) is 0 Å². The summed E-state index contributed by atoms with van der Waals surface area (Å²) >= 11 is 2.29. The number of hydrogen-bond acceptors (Lipinski definition) is 4. The van der Waals surface area contributed by atoms with E-state index in [1.807, 2.05) is 30.3 Å².